The summed E-state index contributed by atoms with van der Waals surface area (Å²) in [6, 6.07) is 0. The second kappa shape index (κ2) is 7.31. The molecule has 0 aliphatic rings. The summed E-state index contributed by atoms with van der Waals surface area (Å²) in [5, 5.41) is 0. The van der Waals surface area contributed by atoms with Gasteiger partial charge in [-0.2, -0.15) is 0 Å². The maximum Gasteiger partial charge on any atom is 0.182 e. The average Bonchev–Trinajstić information content (AvgIpc) is 1.78. The third kappa shape index (κ3) is 13.6. The molecule has 0 heterocycles. The zero-order valence-corrected chi connectivity index (χ0v) is 10.2. The van der Waals surface area contributed by atoms with Crippen LogP contribution in [-0.4, -0.2) is 39.0 Å². The van der Waals surface area contributed by atoms with Crippen LogP contribution >= 0.6 is 0 Å². The monoisotopic (exact) mass is 273 g/mol. The van der Waals surface area contributed by atoms with E-state index in [1.165, 1.54) is 12.8 Å². The van der Waals surface area contributed by atoms with Gasteiger partial charge in [-0.25, -0.2) is 0 Å². The Bertz CT molecular complexity index is 80.7. The van der Waals surface area contributed by atoms with Crippen LogP contribution in [0.5, 0.6) is 0 Å². The predicted molar refractivity (Wildman–Crippen MR) is 43.8 cm³/mol. The molecule has 0 saturated carbocycles. The Balaban J connectivity index is 0. The van der Waals surface area contributed by atoms with E-state index in [1.807, 2.05) is 0 Å². The van der Waals surface area contributed by atoms with E-state index in [0.29, 0.717) is 0 Å². The summed E-state index contributed by atoms with van der Waals surface area (Å²) < 4.78 is 6.30. The average molecular weight is 273 g/mol. The number of hydrogen-bond donors (Lipinski definition) is 0. The Labute approximate surface area is 87.5 Å². The van der Waals surface area contributed by atoms with Crippen LogP contribution < -0.4 is 24.0 Å². The Morgan fingerprint density at radius 3 is 2.09 bits per heavy atom. The lowest BCUT2D eigenvalue weighted by Crippen LogP contribution is -3.00. The molecular formula is C8H20INO. The van der Waals surface area contributed by atoms with Crippen molar-refractivity contribution in [2.75, 3.05) is 34.5 Å². The molecule has 3 heteroatoms. The van der Waals surface area contributed by atoms with Crippen LogP contribution in [0.2, 0.25) is 0 Å². The molecule has 0 aromatic heterocycles. The van der Waals surface area contributed by atoms with Crippen LogP contribution in [-0.2, 0) is 4.74 Å². The maximum atomic E-state index is 5.41. The van der Waals surface area contributed by atoms with E-state index in [-0.39, 0.29) is 24.0 Å². The van der Waals surface area contributed by atoms with Crippen molar-refractivity contribution in [3.8, 4) is 0 Å². The topological polar surface area (TPSA) is 9.23 Å². The predicted octanol–water partition coefficient (Wildman–Crippen LogP) is -1.53. The van der Waals surface area contributed by atoms with Crippen LogP contribution in [0, 0.1) is 0 Å². The highest BCUT2D eigenvalue weighted by Crippen LogP contribution is 1.93. The van der Waals surface area contributed by atoms with Crippen molar-refractivity contribution in [3.63, 3.8) is 0 Å². The molecule has 0 radical (unpaired) electrons. The number of rotatable bonds is 5. The summed E-state index contributed by atoms with van der Waals surface area (Å²) in [6.45, 7) is 3.90. The minimum absolute atomic E-state index is 0. The number of quaternary nitrogens is 1. The van der Waals surface area contributed by atoms with Gasteiger partial charge in [0.1, 0.15) is 0 Å². The van der Waals surface area contributed by atoms with Gasteiger partial charge in [-0.15, -0.1) is 0 Å². The van der Waals surface area contributed by atoms with Crippen LogP contribution in [0.15, 0.2) is 0 Å². The highest BCUT2D eigenvalue weighted by atomic mass is 127. The lowest BCUT2D eigenvalue weighted by atomic mass is 10.4. The van der Waals surface area contributed by atoms with E-state index in [1.54, 1.807) is 0 Å². The fourth-order valence-corrected chi connectivity index (χ4v) is 0.585. The SMILES string of the molecule is CCCCOC[N+](C)(C)C.[I-]. The fraction of sp³-hybridized carbons (Fsp3) is 1.00. The summed E-state index contributed by atoms with van der Waals surface area (Å²) in [6.07, 6.45) is 2.40. The zero-order chi connectivity index (χ0) is 8.04. The van der Waals surface area contributed by atoms with Crippen molar-refractivity contribution >= 4 is 0 Å². The van der Waals surface area contributed by atoms with Gasteiger partial charge in [0.05, 0.1) is 27.7 Å². The quantitative estimate of drug-likeness (QED) is 0.256. The van der Waals surface area contributed by atoms with Gasteiger partial charge in [-0.1, -0.05) is 13.3 Å². The van der Waals surface area contributed by atoms with Gasteiger partial charge in [0.2, 0.25) is 0 Å². The van der Waals surface area contributed by atoms with Crippen LogP contribution in [0.4, 0.5) is 0 Å². The lowest BCUT2D eigenvalue weighted by Gasteiger charge is -2.23. The van der Waals surface area contributed by atoms with Gasteiger partial charge in [-0.3, -0.25) is 0 Å². The molecule has 70 valence electrons. The van der Waals surface area contributed by atoms with Crippen molar-refractivity contribution in [3.05, 3.63) is 0 Å². The van der Waals surface area contributed by atoms with Gasteiger partial charge in [0.15, 0.2) is 6.73 Å². The molecule has 0 aliphatic heterocycles. The summed E-state index contributed by atoms with van der Waals surface area (Å²) in [5.74, 6) is 0. The summed E-state index contributed by atoms with van der Waals surface area (Å²) >= 11 is 0. The van der Waals surface area contributed by atoms with E-state index >= 15 is 0 Å². The summed E-state index contributed by atoms with van der Waals surface area (Å²) in [5.41, 5.74) is 0. The third-order valence-electron chi connectivity index (χ3n) is 1.12. The summed E-state index contributed by atoms with van der Waals surface area (Å²) in [7, 11) is 6.39. The molecule has 2 nitrogen and oxygen atoms in total. The zero-order valence-electron chi connectivity index (χ0n) is 8.06. The van der Waals surface area contributed by atoms with Gasteiger partial charge in [-0.05, 0) is 6.42 Å². The van der Waals surface area contributed by atoms with E-state index in [4.69, 9.17) is 4.74 Å². The smallest absolute Gasteiger partial charge is 0.182 e. The molecule has 0 aliphatic carbocycles. The molecule has 0 aromatic carbocycles. The normalized spacial score (nSPS) is 10.9. The number of halogens is 1. The van der Waals surface area contributed by atoms with E-state index in [2.05, 4.69) is 28.1 Å². The number of ether oxygens (including phenoxy) is 1. The molecule has 0 unspecified atom stereocenters. The van der Waals surface area contributed by atoms with Crippen LogP contribution in [0.25, 0.3) is 0 Å². The van der Waals surface area contributed by atoms with Crippen molar-refractivity contribution < 1.29 is 33.2 Å². The van der Waals surface area contributed by atoms with Crippen molar-refractivity contribution in [1.29, 1.82) is 0 Å². The summed E-state index contributed by atoms with van der Waals surface area (Å²) in [4.78, 5) is 0. The van der Waals surface area contributed by atoms with Crippen molar-refractivity contribution in [1.82, 2.24) is 0 Å². The first-order valence-electron chi connectivity index (χ1n) is 3.94. The highest BCUT2D eigenvalue weighted by molar-refractivity contribution is 4.28. The van der Waals surface area contributed by atoms with Gasteiger partial charge < -0.3 is 33.2 Å². The molecule has 11 heavy (non-hydrogen) atoms. The third-order valence-corrected chi connectivity index (χ3v) is 1.12. The first kappa shape index (κ1) is 14.2. The minimum Gasteiger partial charge on any atom is -1.00 e. The number of nitrogens with zero attached hydrogens (tertiary/aromatic N) is 1. The Hall–Kier alpha value is 0.650. The Kier molecular flexibility index (Phi) is 9.43. The fourth-order valence-electron chi connectivity index (χ4n) is 0.585. The Morgan fingerprint density at radius 1 is 1.18 bits per heavy atom. The first-order chi connectivity index (χ1) is 4.56. The molecule has 0 bridgehead atoms. The standard InChI is InChI=1S/C8H20NO.HI/c1-5-6-7-10-8-9(2,3)4;/h5-8H2,1-4H3;1H/q+1;/p-1. The Morgan fingerprint density at radius 2 is 1.73 bits per heavy atom. The molecule has 0 amide bonds. The van der Waals surface area contributed by atoms with Crippen molar-refractivity contribution in [2.24, 2.45) is 0 Å². The maximum absolute atomic E-state index is 5.41. The highest BCUT2D eigenvalue weighted by Gasteiger charge is 2.04. The largest absolute Gasteiger partial charge is 1.00 e. The molecule has 0 rings (SSSR count). The molecule has 0 fully saturated rings. The molecule has 0 aromatic rings. The second-order valence-corrected chi connectivity index (χ2v) is 3.68. The molecule has 0 N–H and O–H groups in total. The molecule has 0 spiro atoms. The van der Waals surface area contributed by atoms with Gasteiger partial charge >= 0.3 is 0 Å². The van der Waals surface area contributed by atoms with E-state index in [0.717, 1.165) is 17.8 Å². The van der Waals surface area contributed by atoms with E-state index in [9.17, 15) is 0 Å². The van der Waals surface area contributed by atoms with Crippen LogP contribution in [0.3, 0.4) is 0 Å². The minimum atomic E-state index is 0. The molecule has 0 atom stereocenters. The lowest BCUT2D eigenvalue weighted by molar-refractivity contribution is -0.890. The first-order valence-corrected chi connectivity index (χ1v) is 3.94. The van der Waals surface area contributed by atoms with Gasteiger partial charge in [0, 0.05) is 0 Å². The van der Waals surface area contributed by atoms with Crippen LogP contribution in [0.1, 0.15) is 19.8 Å². The van der Waals surface area contributed by atoms with Crippen molar-refractivity contribution in [2.45, 2.75) is 19.8 Å². The van der Waals surface area contributed by atoms with E-state index < -0.39 is 0 Å². The number of unbranched alkanes of at least 4 members (excludes halogenated alkanes) is 1. The van der Waals surface area contributed by atoms with Gasteiger partial charge in [0.25, 0.3) is 0 Å². The second-order valence-electron chi connectivity index (χ2n) is 3.68. The molecule has 0 saturated heterocycles. The number of hydrogen-bond acceptors (Lipinski definition) is 1. The molecular weight excluding hydrogens is 253 g/mol.